The summed E-state index contributed by atoms with van der Waals surface area (Å²) in [4.78, 5) is -0.506. The van der Waals surface area contributed by atoms with Crippen molar-refractivity contribution in [3.05, 3.63) is 24.3 Å². The highest BCUT2D eigenvalue weighted by molar-refractivity contribution is 7.94. The van der Waals surface area contributed by atoms with Gasteiger partial charge in [-0.3, -0.25) is 4.55 Å². The average Bonchev–Trinajstić information content (AvgIpc) is 2.28. The van der Waals surface area contributed by atoms with E-state index in [1.54, 1.807) is 0 Å². The van der Waals surface area contributed by atoms with Crippen LogP contribution >= 0.6 is 12.0 Å². The van der Waals surface area contributed by atoms with E-state index in [0.29, 0.717) is 22.8 Å². The quantitative estimate of drug-likeness (QED) is 0.294. The molecule has 0 heterocycles. The Morgan fingerprint density at radius 3 is 2.16 bits per heavy atom. The van der Waals surface area contributed by atoms with Crippen molar-refractivity contribution >= 4 is 32.9 Å². The summed E-state index contributed by atoms with van der Waals surface area (Å²) < 4.78 is 34.9. The number of hydrogen-bond donors (Lipinski definition) is 4. The van der Waals surface area contributed by atoms with Crippen LogP contribution in [-0.2, 0) is 14.5 Å². The monoisotopic (exact) mass is 304 g/mol. The van der Waals surface area contributed by atoms with E-state index in [4.69, 9.17) is 9.81 Å². The zero-order valence-electron chi connectivity index (χ0n) is 9.14. The Labute approximate surface area is 111 Å². The molecule has 0 aromatic heterocycles. The molecule has 2 aromatic rings. The number of benzene rings is 2. The lowest BCUT2D eigenvalue weighted by atomic mass is 10.1. The summed E-state index contributed by atoms with van der Waals surface area (Å²) in [6.07, 6.45) is 0. The van der Waals surface area contributed by atoms with Crippen LogP contribution in [0.25, 0.3) is 10.8 Å². The van der Waals surface area contributed by atoms with E-state index in [1.807, 2.05) is 0 Å². The smallest absolute Gasteiger partial charge is 0.298 e. The van der Waals surface area contributed by atoms with Gasteiger partial charge in [-0.15, -0.1) is 0 Å². The van der Waals surface area contributed by atoms with Gasteiger partial charge in [-0.05, 0) is 35.0 Å². The summed E-state index contributed by atoms with van der Waals surface area (Å²) in [5.74, 6) is -0.848. The van der Waals surface area contributed by atoms with Gasteiger partial charge in [-0.25, -0.2) is 5.26 Å². The summed E-state index contributed by atoms with van der Waals surface area (Å²) in [7, 11) is -4.56. The Balaban J connectivity index is 2.74. The second-order valence-corrected chi connectivity index (χ2v) is 5.77. The Morgan fingerprint density at radius 2 is 1.58 bits per heavy atom. The molecule has 0 aliphatic carbocycles. The number of phenolic OH excluding ortho intramolecular Hbond substituents is 2. The Hall–Kier alpha value is -1.52. The lowest BCUT2D eigenvalue weighted by molar-refractivity contribution is -0.116. The Morgan fingerprint density at radius 1 is 1.00 bits per heavy atom. The van der Waals surface area contributed by atoms with Gasteiger partial charge >= 0.3 is 0 Å². The van der Waals surface area contributed by atoms with Gasteiger partial charge in [-0.1, -0.05) is 0 Å². The summed E-state index contributed by atoms with van der Waals surface area (Å²) in [5.41, 5.74) is 0. The van der Waals surface area contributed by atoms with Gasteiger partial charge in [0.2, 0.25) is 0 Å². The summed E-state index contributed by atoms with van der Waals surface area (Å²) >= 11 is 0.465. The van der Waals surface area contributed by atoms with Crippen LogP contribution in [0.3, 0.4) is 0 Å². The molecule has 0 bridgehead atoms. The molecule has 2 rings (SSSR count). The first-order valence-electron chi connectivity index (χ1n) is 4.78. The fraction of sp³-hybridized carbons (Fsp3) is 0. The van der Waals surface area contributed by atoms with Gasteiger partial charge in [0.05, 0.1) is 16.9 Å². The van der Waals surface area contributed by atoms with E-state index in [1.165, 1.54) is 12.1 Å². The van der Waals surface area contributed by atoms with Gasteiger partial charge in [0.25, 0.3) is 10.1 Å². The van der Waals surface area contributed by atoms with Crippen LogP contribution in [0.4, 0.5) is 0 Å². The van der Waals surface area contributed by atoms with Crippen molar-refractivity contribution in [2.75, 3.05) is 0 Å². The molecule has 0 saturated carbocycles. The number of hydrogen-bond acceptors (Lipinski definition) is 7. The molecule has 4 N–H and O–H groups in total. The third-order valence-electron chi connectivity index (χ3n) is 2.40. The van der Waals surface area contributed by atoms with E-state index in [-0.39, 0.29) is 10.6 Å². The van der Waals surface area contributed by atoms with Crippen LogP contribution in [0.5, 0.6) is 11.5 Å². The van der Waals surface area contributed by atoms with Gasteiger partial charge in [-0.2, -0.15) is 12.8 Å². The van der Waals surface area contributed by atoms with Crippen molar-refractivity contribution in [3.63, 3.8) is 0 Å². The van der Waals surface area contributed by atoms with Gasteiger partial charge < -0.3 is 10.2 Å². The van der Waals surface area contributed by atoms with E-state index in [0.717, 1.165) is 12.1 Å². The predicted molar refractivity (Wildman–Crippen MR) is 66.7 cm³/mol. The maximum Gasteiger partial charge on any atom is 0.298 e. The first kappa shape index (κ1) is 13.9. The minimum Gasteiger partial charge on any atom is -0.507 e. The minimum atomic E-state index is -4.56. The van der Waals surface area contributed by atoms with Gasteiger partial charge in [0, 0.05) is 0 Å². The lowest BCUT2D eigenvalue weighted by Crippen LogP contribution is -1.98. The van der Waals surface area contributed by atoms with E-state index in [9.17, 15) is 18.6 Å². The van der Waals surface area contributed by atoms with Crippen LogP contribution in [0.2, 0.25) is 0 Å². The second kappa shape index (κ2) is 4.87. The van der Waals surface area contributed by atoms with Gasteiger partial charge in [0.1, 0.15) is 16.4 Å². The highest BCUT2D eigenvalue weighted by Crippen LogP contribution is 2.36. The molecule has 7 nitrogen and oxygen atoms in total. The number of fused-ring (bicyclic) bond motifs is 1. The Bertz CT molecular complexity index is 739. The minimum absolute atomic E-state index is 0.141. The highest BCUT2D eigenvalue weighted by Gasteiger charge is 2.17. The molecule has 0 atom stereocenters. The van der Waals surface area contributed by atoms with Crippen LogP contribution in [0.15, 0.2) is 34.1 Å². The zero-order valence-corrected chi connectivity index (χ0v) is 10.8. The van der Waals surface area contributed by atoms with E-state index < -0.39 is 20.8 Å². The van der Waals surface area contributed by atoms with Crippen LogP contribution < -0.4 is 0 Å². The standard InChI is InChI=1S/C10H8O7S2/c11-7-1-5-2-8(12)10(19(14,15)16)4-6(5)3-9(7)18-17-13/h1-4,11-13H,(H,14,15,16). The zero-order chi connectivity index (χ0) is 14.2. The van der Waals surface area contributed by atoms with Crippen LogP contribution in [0.1, 0.15) is 0 Å². The molecule has 0 aliphatic rings. The largest absolute Gasteiger partial charge is 0.507 e. The van der Waals surface area contributed by atoms with Gasteiger partial charge in [0.15, 0.2) is 0 Å². The van der Waals surface area contributed by atoms with Crippen molar-refractivity contribution in [2.24, 2.45) is 0 Å². The molecule has 0 amide bonds. The Kier molecular flexibility index (Phi) is 3.56. The molecule has 0 aliphatic heterocycles. The van der Waals surface area contributed by atoms with Crippen molar-refractivity contribution in [1.82, 2.24) is 0 Å². The lowest BCUT2D eigenvalue weighted by Gasteiger charge is -2.07. The van der Waals surface area contributed by atoms with Crippen molar-refractivity contribution in [3.8, 4) is 11.5 Å². The summed E-state index contributed by atoms with van der Waals surface area (Å²) in [5, 5.41) is 28.1. The molecule has 19 heavy (non-hydrogen) atoms. The SMILES string of the molecule is O=S(=O)(O)c1cc2cc(SOO)c(O)cc2cc1O. The number of phenols is 2. The van der Waals surface area contributed by atoms with E-state index >= 15 is 0 Å². The fourth-order valence-electron chi connectivity index (χ4n) is 1.60. The third-order valence-corrected chi connectivity index (χ3v) is 3.86. The normalized spacial score (nSPS) is 11.9. The highest BCUT2D eigenvalue weighted by atomic mass is 32.2. The third kappa shape index (κ3) is 2.74. The molecule has 0 fully saturated rings. The second-order valence-electron chi connectivity index (χ2n) is 3.62. The molecular formula is C10H8O7S2. The predicted octanol–water partition coefficient (Wildman–Crippen LogP) is 1.99. The maximum atomic E-state index is 11.1. The number of rotatable bonds is 3. The summed E-state index contributed by atoms with van der Waals surface area (Å²) in [6.45, 7) is 0. The number of aromatic hydroxyl groups is 2. The fourth-order valence-corrected chi connectivity index (χ4v) is 2.60. The first-order chi connectivity index (χ1) is 8.82. The maximum absolute atomic E-state index is 11.1. The molecular weight excluding hydrogens is 296 g/mol. The molecule has 0 unspecified atom stereocenters. The topological polar surface area (TPSA) is 124 Å². The van der Waals surface area contributed by atoms with Crippen LogP contribution in [-0.4, -0.2) is 28.4 Å². The van der Waals surface area contributed by atoms with E-state index in [2.05, 4.69) is 4.33 Å². The van der Waals surface area contributed by atoms with Crippen molar-refractivity contribution < 1.29 is 32.8 Å². The summed E-state index contributed by atoms with van der Waals surface area (Å²) in [6, 6.07) is 4.72. The molecule has 2 aromatic carbocycles. The molecule has 0 saturated heterocycles. The first-order valence-corrected chi connectivity index (χ1v) is 6.96. The molecule has 0 radical (unpaired) electrons. The molecule has 0 spiro atoms. The van der Waals surface area contributed by atoms with Crippen molar-refractivity contribution in [2.45, 2.75) is 9.79 Å². The molecule has 9 heteroatoms. The molecule has 102 valence electrons. The van der Waals surface area contributed by atoms with Crippen molar-refractivity contribution in [1.29, 1.82) is 0 Å². The average molecular weight is 304 g/mol. The van der Waals surface area contributed by atoms with Crippen LogP contribution in [0, 0.1) is 0 Å².